The third-order valence-electron chi connectivity index (χ3n) is 3.23. The molecule has 0 saturated carbocycles. The molecule has 0 aliphatic rings. The molecule has 0 amide bonds. The van der Waals surface area contributed by atoms with Crippen LogP contribution in [0, 0.1) is 0 Å². The molecule has 2 aromatic carbocycles. The third kappa shape index (κ3) is 4.88. The van der Waals surface area contributed by atoms with E-state index in [0.717, 1.165) is 11.3 Å². The first kappa shape index (κ1) is 14.3. The number of benzene rings is 2. The largest absolute Gasteiger partial charge is 0.279 e. The Morgan fingerprint density at radius 3 is 2.40 bits per heavy atom. The molecule has 104 valence electrons. The number of hydrogen-bond donors (Lipinski definition) is 1. The van der Waals surface area contributed by atoms with Gasteiger partial charge in [0.25, 0.3) is 0 Å². The summed E-state index contributed by atoms with van der Waals surface area (Å²) in [5, 5.41) is 4.24. The third-order valence-corrected chi connectivity index (χ3v) is 3.23. The second-order valence-corrected chi connectivity index (χ2v) is 4.93. The number of anilines is 1. The van der Waals surface area contributed by atoms with Crippen LogP contribution in [0.5, 0.6) is 0 Å². The van der Waals surface area contributed by atoms with Gasteiger partial charge in [0.15, 0.2) is 0 Å². The van der Waals surface area contributed by atoms with Crippen LogP contribution in [0.1, 0.15) is 37.3 Å². The first-order valence-electron chi connectivity index (χ1n) is 7.31. The van der Waals surface area contributed by atoms with Gasteiger partial charge in [-0.25, -0.2) is 0 Å². The summed E-state index contributed by atoms with van der Waals surface area (Å²) < 4.78 is 0. The van der Waals surface area contributed by atoms with Crippen LogP contribution in [-0.2, 0) is 6.42 Å². The molecule has 0 bridgehead atoms. The zero-order chi connectivity index (χ0) is 14.0. The summed E-state index contributed by atoms with van der Waals surface area (Å²) in [6.07, 6.45) is 6.88. The molecule has 0 aromatic heterocycles. The van der Waals surface area contributed by atoms with E-state index in [1.165, 1.54) is 31.2 Å². The van der Waals surface area contributed by atoms with Crippen molar-refractivity contribution in [1.29, 1.82) is 0 Å². The lowest BCUT2D eigenvalue weighted by Gasteiger charge is -2.01. The van der Waals surface area contributed by atoms with Gasteiger partial charge in [-0.2, -0.15) is 5.10 Å². The molecule has 2 heteroatoms. The Kier molecular flexibility index (Phi) is 5.84. The molecular formula is C18H22N2. The summed E-state index contributed by atoms with van der Waals surface area (Å²) in [5.74, 6) is 0. The van der Waals surface area contributed by atoms with E-state index in [1.54, 1.807) is 0 Å². The fraction of sp³-hybridized carbons (Fsp3) is 0.278. The van der Waals surface area contributed by atoms with Crippen LogP contribution in [-0.4, -0.2) is 6.21 Å². The average molecular weight is 266 g/mol. The van der Waals surface area contributed by atoms with E-state index in [9.17, 15) is 0 Å². The molecule has 0 spiro atoms. The molecule has 0 heterocycles. The first-order chi connectivity index (χ1) is 9.88. The van der Waals surface area contributed by atoms with Gasteiger partial charge in [-0.1, -0.05) is 62.2 Å². The molecule has 0 aliphatic heterocycles. The van der Waals surface area contributed by atoms with Crippen molar-refractivity contribution < 1.29 is 0 Å². The zero-order valence-corrected chi connectivity index (χ0v) is 12.0. The van der Waals surface area contributed by atoms with Crippen LogP contribution in [0.25, 0.3) is 0 Å². The zero-order valence-electron chi connectivity index (χ0n) is 12.0. The van der Waals surface area contributed by atoms with Gasteiger partial charge in [-0.15, -0.1) is 0 Å². The van der Waals surface area contributed by atoms with Crippen molar-refractivity contribution >= 4 is 11.9 Å². The minimum Gasteiger partial charge on any atom is -0.279 e. The molecule has 2 aromatic rings. The minimum absolute atomic E-state index is 1.000. The Morgan fingerprint density at radius 1 is 0.950 bits per heavy atom. The normalized spacial score (nSPS) is 10.8. The quantitative estimate of drug-likeness (QED) is 0.432. The van der Waals surface area contributed by atoms with E-state index in [0.29, 0.717) is 0 Å². The van der Waals surface area contributed by atoms with Gasteiger partial charge in [-0.3, -0.25) is 5.43 Å². The van der Waals surface area contributed by atoms with Crippen molar-refractivity contribution in [3.63, 3.8) is 0 Å². The van der Waals surface area contributed by atoms with Gasteiger partial charge in [0, 0.05) is 0 Å². The molecular weight excluding hydrogens is 244 g/mol. The van der Waals surface area contributed by atoms with E-state index in [2.05, 4.69) is 41.7 Å². The maximum Gasteiger partial charge on any atom is 0.0561 e. The van der Waals surface area contributed by atoms with Gasteiger partial charge in [-0.05, 0) is 36.1 Å². The summed E-state index contributed by atoms with van der Waals surface area (Å²) in [6, 6.07) is 18.6. The number of unbranched alkanes of at least 4 members (excludes halogenated alkanes) is 2. The summed E-state index contributed by atoms with van der Waals surface area (Å²) >= 11 is 0. The van der Waals surface area contributed by atoms with Crippen LogP contribution in [0.15, 0.2) is 59.7 Å². The van der Waals surface area contributed by atoms with Crippen LogP contribution >= 0.6 is 0 Å². The van der Waals surface area contributed by atoms with E-state index in [1.807, 2.05) is 36.5 Å². The molecule has 2 rings (SSSR count). The van der Waals surface area contributed by atoms with E-state index in [4.69, 9.17) is 0 Å². The highest BCUT2D eigenvalue weighted by atomic mass is 15.3. The lowest BCUT2D eigenvalue weighted by molar-refractivity contribution is 0.717. The maximum absolute atomic E-state index is 4.24. The highest BCUT2D eigenvalue weighted by molar-refractivity contribution is 5.80. The Hall–Kier alpha value is -2.09. The highest BCUT2D eigenvalue weighted by Crippen LogP contribution is 2.08. The van der Waals surface area contributed by atoms with Gasteiger partial charge in [0.05, 0.1) is 11.9 Å². The molecule has 2 nitrogen and oxygen atoms in total. The Morgan fingerprint density at radius 2 is 1.70 bits per heavy atom. The van der Waals surface area contributed by atoms with Gasteiger partial charge in [0.2, 0.25) is 0 Å². The topological polar surface area (TPSA) is 24.4 Å². The van der Waals surface area contributed by atoms with Gasteiger partial charge in [0.1, 0.15) is 0 Å². The van der Waals surface area contributed by atoms with Gasteiger partial charge < -0.3 is 0 Å². The number of rotatable bonds is 7. The Balaban J connectivity index is 1.84. The number of aryl methyl sites for hydroxylation is 1. The fourth-order valence-electron chi connectivity index (χ4n) is 2.04. The predicted molar refractivity (Wildman–Crippen MR) is 87.3 cm³/mol. The molecule has 0 fully saturated rings. The number of hydrogen-bond acceptors (Lipinski definition) is 2. The number of hydrazone groups is 1. The van der Waals surface area contributed by atoms with E-state index < -0.39 is 0 Å². The first-order valence-corrected chi connectivity index (χ1v) is 7.31. The molecule has 20 heavy (non-hydrogen) atoms. The van der Waals surface area contributed by atoms with Crippen LogP contribution in [0.3, 0.4) is 0 Å². The van der Waals surface area contributed by atoms with Crippen LogP contribution < -0.4 is 5.43 Å². The highest BCUT2D eigenvalue weighted by Gasteiger charge is 1.93. The molecule has 0 atom stereocenters. The number of para-hydroxylation sites is 1. The second kappa shape index (κ2) is 8.16. The van der Waals surface area contributed by atoms with E-state index >= 15 is 0 Å². The summed E-state index contributed by atoms with van der Waals surface area (Å²) in [5.41, 5.74) is 6.55. The average Bonchev–Trinajstić information content (AvgIpc) is 2.50. The van der Waals surface area contributed by atoms with Crippen molar-refractivity contribution in [3.05, 3.63) is 65.7 Å². The standard InChI is InChI=1S/C18H22N2/c1-2-3-5-8-16-11-13-17(14-12-16)15-19-20-18-9-6-4-7-10-18/h4,6-7,9-15,20H,2-3,5,8H2,1H3. The minimum atomic E-state index is 1.000. The maximum atomic E-state index is 4.24. The summed E-state index contributed by atoms with van der Waals surface area (Å²) in [4.78, 5) is 0. The van der Waals surface area contributed by atoms with Crippen molar-refractivity contribution in [1.82, 2.24) is 0 Å². The molecule has 0 unspecified atom stereocenters. The van der Waals surface area contributed by atoms with E-state index in [-0.39, 0.29) is 0 Å². The second-order valence-electron chi connectivity index (χ2n) is 4.93. The molecule has 0 saturated heterocycles. The number of nitrogens with zero attached hydrogens (tertiary/aromatic N) is 1. The number of nitrogens with one attached hydrogen (secondary N) is 1. The smallest absolute Gasteiger partial charge is 0.0561 e. The lowest BCUT2D eigenvalue weighted by Crippen LogP contribution is -1.91. The molecule has 0 radical (unpaired) electrons. The summed E-state index contributed by atoms with van der Waals surface area (Å²) in [7, 11) is 0. The van der Waals surface area contributed by atoms with Crippen molar-refractivity contribution in [2.75, 3.05) is 5.43 Å². The van der Waals surface area contributed by atoms with Crippen molar-refractivity contribution in [3.8, 4) is 0 Å². The molecule has 1 N–H and O–H groups in total. The predicted octanol–water partition coefficient (Wildman–Crippen LogP) is 4.87. The fourth-order valence-corrected chi connectivity index (χ4v) is 2.04. The SMILES string of the molecule is CCCCCc1ccc(C=NNc2ccccc2)cc1. The van der Waals surface area contributed by atoms with Crippen molar-refractivity contribution in [2.45, 2.75) is 32.6 Å². The van der Waals surface area contributed by atoms with Crippen molar-refractivity contribution in [2.24, 2.45) is 5.10 Å². The Labute approximate surface area is 121 Å². The van der Waals surface area contributed by atoms with Crippen LogP contribution in [0.4, 0.5) is 5.69 Å². The Bertz CT molecular complexity index is 515. The summed E-state index contributed by atoms with van der Waals surface area (Å²) in [6.45, 7) is 2.24. The van der Waals surface area contributed by atoms with Gasteiger partial charge >= 0.3 is 0 Å². The monoisotopic (exact) mass is 266 g/mol. The van der Waals surface area contributed by atoms with Crippen LogP contribution in [0.2, 0.25) is 0 Å². The lowest BCUT2D eigenvalue weighted by atomic mass is 10.1. The molecule has 0 aliphatic carbocycles.